The molecule has 2 aromatic carbocycles. The molecule has 49 heavy (non-hydrogen) atoms. The van der Waals surface area contributed by atoms with E-state index in [9.17, 15) is 9.59 Å². The van der Waals surface area contributed by atoms with Gasteiger partial charge in [0, 0.05) is 18.9 Å². The summed E-state index contributed by atoms with van der Waals surface area (Å²) in [5.74, 6) is -0.189. The number of aromatic amines is 1. The highest BCUT2D eigenvalue weighted by molar-refractivity contribution is 7.04. The number of carbonyl (C=O) groups is 1. The van der Waals surface area contributed by atoms with Crippen LogP contribution < -0.4 is 21.7 Å². The minimum Gasteiger partial charge on any atom is -0.465 e. The number of nitrogens with two attached hydrogens (primary N) is 1. The van der Waals surface area contributed by atoms with Crippen LogP contribution in [-0.4, -0.2) is 40.2 Å². The maximum Gasteiger partial charge on any atom is 0.305 e. The first-order valence-corrected chi connectivity index (χ1v) is 20.8. The van der Waals surface area contributed by atoms with Crippen LogP contribution in [-0.2, 0) is 16.1 Å². The van der Waals surface area contributed by atoms with E-state index in [0.717, 1.165) is 31.7 Å². The molecule has 2 heterocycles. The zero-order valence-corrected chi connectivity index (χ0v) is 31.4. The second-order valence-electron chi connectivity index (χ2n) is 14.7. The molecule has 0 aliphatic heterocycles. The minimum absolute atomic E-state index is 0.0156. The Balaban J connectivity index is 1.45. The lowest BCUT2D eigenvalue weighted by Crippen LogP contribution is -2.64. The molecular weight excluding hydrogens is 627 g/mol. The standard InChI is InChI=1S/C40H59N5O3Si/c1-5-6-7-8-9-10-11-12-13-14-21-26-35(46)48-30-32(29-45-38(47)36-37(43-31-42-36)44-39(45)41)27-28-49(40(2,3)4,33-22-17-15-18-23-33)34-24-19-16-20-25-34/h15-20,22-25,31-32H,5-14,21,26-30H2,1-4H3,(H2,41,44)(H,42,43). The van der Waals surface area contributed by atoms with Crippen LogP contribution in [0.4, 0.5) is 5.95 Å². The molecule has 0 saturated heterocycles. The first-order valence-electron chi connectivity index (χ1n) is 18.6. The van der Waals surface area contributed by atoms with E-state index in [2.05, 4.69) is 103 Å². The van der Waals surface area contributed by atoms with Gasteiger partial charge in [-0.3, -0.25) is 14.2 Å². The normalized spacial score (nSPS) is 12.7. The number of rotatable bonds is 21. The molecule has 266 valence electrons. The van der Waals surface area contributed by atoms with E-state index >= 15 is 0 Å². The molecule has 3 N–H and O–H groups in total. The highest BCUT2D eigenvalue weighted by Crippen LogP contribution is 2.40. The fourth-order valence-electron chi connectivity index (χ4n) is 7.38. The number of imidazole rings is 1. The van der Waals surface area contributed by atoms with E-state index in [1.165, 1.54) is 72.6 Å². The number of hydrogen-bond acceptors (Lipinski definition) is 6. The molecule has 0 fully saturated rings. The Kier molecular flexibility index (Phi) is 14.7. The summed E-state index contributed by atoms with van der Waals surface area (Å²) in [5, 5.41) is 2.73. The highest BCUT2D eigenvalue weighted by atomic mass is 28.3. The first kappa shape index (κ1) is 38.1. The Hall–Kier alpha value is -3.72. The van der Waals surface area contributed by atoms with Gasteiger partial charge in [0.05, 0.1) is 12.9 Å². The lowest BCUT2D eigenvalue weighted by molar-refractivity contribution is -0.145. The molecule has 1 unspecified atom stereocenters. The van der Waals surface area contributed by atoms with Crippen molar-refractivity contribution >= 4 is 41.5 Å². The molecular formula is C40H59N5O3Si. The SMILES string of the molecule is CCCCCCCCCCCCCC(=O)OCC(CC[Si](c1ccccc1)(c1ccccc1)C(C)(C)C)Cn1c(N)nc2nc[nH]c2c1=O. The summed E-state index contributed by atoms with van der Waals surface area (Å²) in [6.07, 6.45) is 16.2. The molecule has 0 spiro atoms. The number of benzene rings is 2. The van der Waals surface area contributed by atoms with Crippen molar-refractivity contribution in [2.75, 3.05) is 12.3 Å². The molecule has 1 atom stereocenters. The summed E-state index contributed by atoms with van der Waals surface area (Å²) >= 11 is 0. The number of H-pyrrole nitrogens is 1. The smallest absolute Gasteiger partial charge is 0.305 e. The number of esters is 1. The Morgan fingerprint density at radius 2 is 1.43 bits per heavy atom. The fourth-order valence-corrected chi connectivity index (χ4v) is 13.1. The summed E-state index contributed by atoms with van der Waals surface area (Å²) in [6.45, 7) is 9.82. The van der Waals surface area contributed by atoms with Crippen molar-refractivity contribution in [2.24, 2.45) is 5.92 Å². The number of anilines is 1. The third kappa shape index (κ3) is 10.4. The van der Waals surface area contributed by atoms with E-state index in [1.807, 2.05) is 0 Å². The molecule has 4 rings (SSSR count). The molecule has 4 aromatic rings. The maximum atomic E-state index is 13.5. The lowest BCUT2D eigenvalue weighted by atomic mass is 10.1. The number of fused-ring (bicyclic) bond motifs is 1. The predicted molar refractivity (Wildman–Crippen MR) is 205 cm³/mol. The molecule has 0 saturated carbocycles. The van der Waals surface area contributed by atoms with Gasteiger partial charge in [0.2, 0.25) is 5.95 Å². The molecule has 0 radical (unpaired) electrons. The van der Waals surface area contributed by atoms with Gasteiger partial charge >= 0.3 is 5.97 Å². The average Bonchev–Trinajstić information content (AvgIpc) is 3.57. The summed E-state index contributed by atoms with van der Waals surface area (Å²) in [5.41, 5.74) is 6.71. The molecule has 9 heteroatoms. The number of nitrogens with zero attached hydrogens (tertiary/aromatic N) is 3. The van der Waals surface area contributed by atoms with E-state index in [-0.39, 0.29) is 35.0 Å². The minimum atomic E-state index is -2.39. The summed E-state index contributed by atoms with van der Waals surface area (Å²) < 4.78 is 7.47. The third-order valence-electron chi connectivity index (χ3n) is 10.2. The van der Waals surface area contributed by atoms with Gasteiger partial charge in [-0.25, -0.2) is 4.98 Å². The number of unbranched alkanes of at least 4 members (excludes halogenated alkanes) is 10. The van der Waals surface area contributed by atoms with E-state index in [0.29, 0.717) is 24.1 Å². The van der Waals surface area contributed by atoms with Gasteiger partial charge < -0.3 is 15.5 Å². The number of hydrogen-bond donors (Lipinski definition) is 2. The van der Waals surface area contributed by atoms with Crippen LogP contribution in [0.5, 0.6) is 0 Å². The largest absolute Gasteiger partial charge is 0.465 e. The molecule has 0 bridgehead atoms. The van der Waals surface area contributed by atoms with Gasteiger partial charge in [-0.2, -0.15) is 4.98 Å². The van der Waals surface area contributed by atoms with Crippen molar-refractivity contribution in [1.82, 2.24) is 19.5 Å². The Morgan fingerprint density at radius 1 is 0.878 bits per heavy atom. The van der Waals surface area contributed by atoms with Gasteiger partial charge in [0.25, 0.3) is 5.56 Å². The molecule has 8 nitrogen and oxygen atoms in total. The van der Waals surface area contributed by atoms with Crippen molar-refractivity contribution < 1.29 is 9.53 Å². The van der Waals surface area contributed by atoms with Gasteiger partial charge in [-0.1, -0.05) is 163 Å². The van der Waals surface area contributed by atoms with Crippen LogP contribution in [0.2, 0.25) is 11.1 Å². The van der Waals surface area contributed by atoms with E-state index in [1.54, 1.807) is 0 Å². The highest BCUT2D eigenvalue weighted by Gasteiger charge is 2.47. The van der Waals surface area contributed by atoms with Gasteiger partial charge in [0.15, 0.2) is 11.2 Å². The van der Waals surface area contributed by atoms with Crippen molar-refractivity contribution in [1.29, 1.82) is 0 Å². The topological polar surface area (TPSA) is 116 Å². The van der Waals surface area contributed by atoms with Crippen LogP contribution in [0.1, 0.15) is 111 Å². The number of ether oxygens (including phenoxy) is 1. The number of nitrogen functional groups attached to an aromatic ring is 1. The van der Waals surface area contributed by atoms with Crippen LogP contribution >= 0.6 is 0 Å². The lowest BCUT2D eigenvalue weighted by Gasteiger charge is -2.45. The Labute approximate surface area is 294 Å². The average molecular weight is 686 g/mol. The van der Waals surface area contributed by atoms with E-state index < -0.39 is 8.07 Å². The zero-order valence-electron chi connectivity index (χ0n) is 30.4. The van der Waals surface area contributed by atoms with Crippen LogP contribution in [0, 0.1) is 5.92 Å². The second kappa shape index (κ2) is 18.9. The number of nitrogens with one attached hydrogen (secondary N) is 1. The van der Waals surface area contributed by atoms with Crippen molar-refractivity contribution in [3.05, 3.63) is 77.3 Å². The van der Waals surface area contributed by atoms with Gasteiger partial charge in [0.1, 0.15) is 8.07 Å². The molecule has 2 aromatic heterocycles. The summed E-state index contributed by atoms with van der Waals surface area (Å²) in [4.78, 5) is 37.9. The van der Waals surface area contributed by atoms with Crippen LogP contribution in [0.15, 0.2) is 71.8 Å². The Morgan fingerprint density at radius 3 is 1.98 bits per heavy atom. The molecule has 0 amide bonds. The van der Waals surface area contributed by atoms with Crippen LogP contribution in [0.25, 0.3) is 11.2 Å². The zero-order chi connectivity index (χ0) is 35.1. The Bertz CT molecular complexity index is 1570. The summed E-state index contributed by atoms with van der Waals surface area (Å²) in [7, 11) is -2.39. The van der Waals surface area contributed by atoms with Crippen molar-refractivity contribution in [3.8, 4) is 0 Å². The number of carbonyl (C=O) groups excluding carboxylic acids is 1. The molecule has 0 aliphatic carbocycles. The first-order chi connectivity index (χ1) is 23.7. The number of aromatic nitrogens is 4. The van der Waals surface area contributed by atoms with E-state index in [4.69, 9.17) is 10.5 Å². The second-order valence-corrected chi connectivity index (χ2v) is 19.7. The quantitative estimate of drug-likeness (QED) is 0.0522. The predicted octanol–water partition coefficient (Wildman–Crippen LogP) is 8.02. The summed E-state index contributed by atoms with van der Waals surface area (Å²) in [6, 6.07) is 22.7. The van der Waals surface area contributed by atoms with Crippen molar-refractivity contribution in [3.63, 3.8) is 0 Å². The monoisotopic (exact) mass is 685 g/mol. The fraction of sp³-hybridized carbons (Fsp3) is 0.550. The van der Waals surface area contributed by atoms with Crippen molar-refractivity contribution in [2.45, 2.75) is 129 Å². The molecule has 0 aliphatic rings. The van der Waals surface area contributed by atoms with Gasteiger partial charge in [-0.05, 0) is 23.9 Å². The third-order valence-corrected chi connectivity index (χ3v) is 16.5. The van der Waals surface area contributed by atoms with Gasteiger partial charge in [-0.15, -0.1) is 0 Å². The van der Waals surface area contributed by atoms with Crippen LogP contribution in [0.3, 0.4) is 0 Å². The maximum absolute atomic E-state index is 13.5.